The molecule has 346 valence electrons. The first kappa shape index (κ1) is 56.8. The summed E-state index contributed by atoms with van der Waals surface area (Å²) in [5.74, 6) is -1.46. The number of hydrogen-bond acceptors (Lipinski definition) is 6. The number of rotatable bonds is 45. The molecule has 0 bridgehead atoms. The third-order valence-electron chi connectivity index (χ3n) is 11.4. The summed E-state index contributed by atoms with van der Waals surface area (Å²) in [4.78, 5) is 37.1. The summed E-state index contributed by atoms with van der Waals surface area (Å²) in [6.07, 6.45) is 47.9. The fraction of sp³-hybridized carbons (Fsp3) is 0.863. The standard InChI is InChI=1S/C51H95NO7/c1-6-8-10-12-14-16-18-20-22-24-26-27-29-31-33-35-37-39-41-49(53)58-46-47(45-57-44-43-48(51(55)56)52(3,4)5)59-50(54)42-40-38-36-34-32-30-28-25-23-21-19-17-15-13-11-9-7-2/h15,17,21,23,47-48H,6-14,16,18-20,22,24-46H2,1-5H3/p+1/b17-15-,23-21-. The average Bonchev–Trinajstić information content (AvgIpc) is 3.19. The lowest BCUT2D eigenvalue weighted by atomic mass is 10.0. The minimum atomic E-state index is -0.873. The summed E-state index contributed by atoms with van der Waals surface area (Å²) in [5.41, 5.74) is 0. The van der Waals surface area contributed by atoms with Crippen LogP contribution < -0.4 is 0 Å². The Morgan fingerprint density at radius 3 is 1.34 bits per heavy atom. The van der Waals surface area contributed by atoms with E-state index in [0.717, 1.165) is 51.4 Å². The molecule has 0 aromatic rings. The molecule has 59 heavy (non-hydrogen) atoms. The Kier molecular flexibility index (Phi) is 40.9. The second kappa shape index (κ2) is 42.5. The molecule has 0 amide bonds. The van der Waals surface area contributed by atoms with Gasteiger partial charge in [-0.25, -0.2) is 4.79 Å². The lowest BCUT2D eigenvalue weighted by Crippen LogP contribution is -2.50. The fourth-order valence-corrected chi connectivity index (χ4v) is 7.48. The largest absolute Gasteiger partial charge is 0.477 e. The van der Waals surface area contributed by atoms with E-state index in [2.05, 4.69) is 38.2 Å². The second-order valence-electron chi connectivity index (χ2n) is 18.1. The predicted octanol–water partition coefficient (Wildman–Crippen LogP) is 14.0. The van der Waals surface area contributed by atoms with Crippen LogP contribution in [0.4, 0.5) is 0 Å². The quantitative estimate of drug-likeness (QED) is 0.0282. The van der Waals surface area contributed by atoms with E-state index in [0.29, 0.717) is 19.3 Å². The van der Waals surface area contributed by atoms with Crippen molar-refractivity contribution in [1.29, 1.82) is 0 Å². The Bertz CT molecular complexity index is 1020. The summed E-state index contributed by atoms with van der Waals surface area (Å²) in [6.45, 7) is 4.74. The lowest BCUT2D eigenvalue weighted by Gasteiger charge is -2.31. The number of allylic oxidation sites excluding steroid dienone is 4. The van der Waals surface area contributed by atoms with Crippen molar-refractivity contribution in [2.45, 2.75) is 244 Å². The van der Waals surface area contributed by atoms with Crippen LogP contribution in [0.25, 0.3) is 0 Å². The summed E-state index contributed by atoms with van der Waals surface area (Å²) in [6, 6.07) is -0.614. The number of hydrogen-bond donors (Lipinski definition) is 1. The molecule has 2 unspecified atom stereocenters. The number of nitrogens with zero attached hydrogens (tertiary/aromatic N) is 1. The maximum Gasteiger partial charge on any atom is 0.362 e. The minimum absolute atomic E-state index is 0.0494. The number of quaternary nitrogens is 1. The number of aliphatic carboxylic acids is 1. The number of likely N-dealkylation sites (N-methyl/N-ethyl adjacent to an activating group) is 1. The molecule has 0 rings (SSSR count). The van der Waals surface area contributed by atoms with Crippen LogP contribution >= 0.6 is 0 Å². The van der Waals surface area contributed by atoms with Crippen molar-refractivity contribution in [2.75, 3.05) is 41.0 Å². The van der Waals surface area contributed by atoms with E-state index in [1.807, 2.05) is 21.1 Å². The van der Waals surface area contributed by atoms with E-state index >= 15 is 0 Å². The number of ether oxygens (including phenoxy) is 3. The van der Waals surface area contributed by atoms with Gasteiger partial charge in [-0.2, -0.15) is 0 Å². The van der Waals surface area contributed by atoms with Crippen molar-refractivity contribution in [3.05, 3.63) is 24.3 Å². The van der Waals surface area contributed by atoms with Crippen LogP contribution in [0.3, 0.4) is 0 Å². The highest BCUT2D eigenvalue weighted by Gasteiger charge is 2.31. The molecule has 8 heteroatoms. The molecule has 0 spiro atoms. The molecule has 0 aliphatic rings. The zero-order valence-corrected chi connectivity index (χ0v) is 39.5. The van der Waals surface area contributed by atoms with Crippen LogP contribution in [0.1, 0.15) is 232 Å². The summed E-state index contributed by atoms with van der Waals surface area (Å²) >= 11 is 0. The lowest BCUT2D eigenvalue weighted by molar-refractivity contribution is -0.887. The van der Waals surface area contributed by atoms with Crippen molar-refractivity contribution >= 4 is 17.9 Å². The maximum atomic E-state index is 12.8. The van der Waals surface area contributed by atoms with E-state index < -0.39 is 18.1 Å². The van der Waals surface area contributed by atoms with E-state index in [-0.39, 0.29) is 36.2 Å². The number of unbranched alkanes of at least 4 members (excludes halogenated alkanes) is 27. The summed E-state index contributed by atoms with van der Waals surface area (Å²) in [7, 11) is 5.54. The Morgan fingerprint density at radius 1 is 0.508 bits per heavy atom. The SMILES string of the molecule is CCCCC/C=C\C/C=C\CCCCCCCCCC(=O)OC(COCCC(C(=O)O)[N+](C)(C)C)COC(=O)CCCCCCCCCCCCCCCCCCCC. The molecule has 2 atom stereocenters. The monoisotopic (exact) mass is 835 g/mol. The summed E-state index contributed by atoms with van der Waals surface area (Å²) in [5, 5.41) is 9.64. The molecule has 0 radical (unpaired) electrons. The van der Waals surface area contributed by atoms with E-state index in [1.165, 1.54) is 148 Å². The number of carboxylic acids is 1. The van der Waals surface area contributed by atoms with Gasteiger partial charge in [0, 0.05) is 19.3 Å². The number of esters is 2. The van der Waals surface area contributed by atoms with Gasteiger partial charge in [-0.1, -0.05) is 192 Å². The van der Waals surface area contributed by atoms with Crippen LogP contribution in [-0.4, -0.2) is 80.6 Å². The van der Waals surface area contributed by atoms with Gasteiger partial charge in [0.25, 0.3) is 0 Å². The molecule has 0 aromatic heterocycles. The molecule has 0 aliphatic heterocycles. The highest BCUT2D eigenvalue weighted by molar-refractivity contribution is 5.72. The second-order valence-corrected chi connectivity index (χ2v) is 18.1. The number of carboxylic acid groups (broad SMARTS) is 1. The molecule has 8 nitrogen and oxygen atoms in total. The van der Waals surface area contributed by atoms with Crippen molar-refractivity contribution < 1.29 is 38.2 Å². The van der Waals surface area contributed by atoms with Crippen LogP contribution in [0.15, 0.2) is 24.3 Å². The first-order valence-corrected chi connectivity index (χ1v) is 24.9. The maximum absolute atomic E-state index is 12.8. The van der Waals surface area contributed by atoms with Crippen molar-refractivity contribution in [2.24, 2.45) is 0 Å². The molecular formula is C51H96NO7+. The molecule has 0 aromatic carbocycles. The molecular weight excluding hydrogens is 739 g/mol. The molecule has 0 saturated carbocycles. The van der Waals surface area contributed by atoms with Crippen LogP contribution in [0, 0.1) is 0 Å². The Labute approximate surface area is 364 Å². The van der Waals surface area contributed by atoms with Gasteiger partial charge < -0.3 is 23.8 Å². The first-order chi connectivity index (χ1) is 28.6. The molecule has 0 heterocycles. The Morgan fingerprint density at radius 2 is 0.898 bits per heavy atom. The van der Waals surface area contributed by atoms with Gasteiger partial charge in [0.2, 0.25) is 0 Å². The van der Waals surface area contributed by atoms with Crippen molar-refractivity contribution in [1.82, 2.24) is 0 Å². The average molecular weight is 835 g/mol. The Hall–Kier alpha value is -2.19. The van der Waals surface area contributed by atoms with Crippen molar-refractivity contribution in [3.63, 3.8) is 0 Å². The number of carbonyl (C=O) groups excluding carboxylic acids is 2. The topological polar surface area (TPSA) is 99.1 Å². The third kappa shape index (κ3) is 41.0. The van der Waals surface area contributed by atoms with E-state index in [1.54, 1.807) is 0 Å². The van der Waals surface area contributed by atoms with Gasteiger partial charge in [-0.15, -0.1) is 0 Å². The molecule has 0 fully saturated rings. The summed E-state index contributed by atoms with van der Waals surface area (Å²) < 4.78 is 17.3. The highest BCUT2D eigenvalue weighted by Crippen LogP contribution is 2.16. The van der Waals surface area contributed by atoms with E-state index in [9.17, 15) is 19.5 Å². The van der Waals surface area contributed by atoms with Crippen LogP contribution in [-0.2, 0) is 28.6 Å². The molecule has 1 N–H and O–H groups in total. The van der Waals surface area contributed by atoms with Gasteiger partial charge in [0.15, 0.2) is 12.1 Å². The van der Waals surface area contributed by atoms with E-state index in [4.69, 9.17) is 14.2 Å². The molecule has 0 saturated heterocycles. The van der Waals surface area contributed by atoms with Crippen LogP contribution in [0.5, 0.6) is 0 Å². The Balaban J connectivity index is 4.25. The third-order valence-corrected chi connectivity index (χ3v) is 11.4. The van der Waals surface area contributed by atoms with Gasteiger partial charge in [-0.3, -0.25) is 9.59 Å². The smallest absolute Gasteiger partial charge is 0.362 e. The zero-order chi connectivity index (χ0) is 43.5. The van der Waals surface area contributed by atoms with Gasteiger partial charge in [-0.05, 0) is 44.9 Å². The molecule has 0 aliphatic carbocycles. The van der Waals surface area contributed by atoms with Crippen LogP contribution in [0.2, 0.25) is 0 Å². The highest BCUT2D eigenvalue weighted by atomic mass is 16.6. The normalized spacial score (nSPS) is 13.0. The van der Waals surface area contributed by atoms with Gasteiger partial charge in [0.05, 0.1) is 34.4 Å². The first-order valence-electron chi connectivity index (χ1n) is 24.9. The minimum Gasteiger partial charge on any atom is -0.477 e. The fourth-order valence-electron chi connectivity index (χ4n) is 7.48. The zero-order valence-electron chi connectivity index (χ0n) is 39.5. The van der Waals surface area contributed by atoms with Crippen molar-refractivity contribution in [3.8, 4) is 0 Å². The van der Waals surface area contributed by atoms with Gasteiger partial charge in [0.1, 0.15) is 6.61 Å². The van der Waals surface area contributed by atoms with Gasteiger partial charge >= 0.3 is 17.9 Å². The number of carbonyl (C=O) groups is 3. The predicted molar refractivity (Wildman–Crippen MR) is 248 cm³/mol.